The van der Waals surface area contributed by atoms with Gasteiger partial charge in [-0.25, -0.2) is 0 Å². The fourth-order valence-corrected chi connectivity index (χ4v) is 8.49. The Morgan fingerprint density at radius 2 is 1.11 bits per heavy atom. The highest BCUT2D eigenvalue weighted by Crippen LogP contribution is 2.74. The van der Waals surface area contributed by atoms with Gasteiger partial charge in [-0.1, -0.05) is 82.7 Å². The van der Waals surface area contributed by atoms with Gasteiger partial charge in [0, 0.05) is 11.3 Å². The van der Waals surface area contributed by atoms with Crippen LogP contribution < -0.4 is 0 Å². The maximum atomic E-state index is 2.73. The van der Waals surface area contributed by atoms with Crippen molar-refractivity contribution in [2.75, 3.05) is 0 Å². The van der Waals surface area contributed by atoms with E-state index in [-0.39, 0.29) is 5.56 Å². The van der Waals surface area contributed by atoms with Crippen LogP contribution in [0.1, 0.15) is 35.3 Å². The van der Waals surface area contributed by atoms with Gasteiger partial charge in [-0.2, -0.15) is 0 Å². The summed E-state index contributed by atoms with van der Waals surface area (Å²) in [5.41, 5.74) is 4.67. The molecule has 1 aliphatic heterocycles. The Hall–Kier alpha value is -0.400. The summed E-state index contributed by atoms with van der Waals surface area (Å²) in [6.45, 7) is 0. The van der Waals surface area contributed by atoms with Gasteiger partial charge in [0.2, 0.25) is 0 Å². The van der Waals surface area contributed by atoms with E-state index in [0.29, 0.717) is 0 Å². The molecule has 92 valence electrons. The fourth-order valence-electron chi connectivity index (χ4n) is 2.75. The molecule has 0 aliphatic carbocycles. The highest BCUT2D eigenvalue weighted by Gasteiger charge is 2.35. The maximum Gasteiger partial charge on any atom is 0.0138 e. The predicted molar refractivity (Wildman–Crippen MR) is 88.5 cm³/mol. The third kappa shape index (κ3) is 2.48. The van der Waals surface area contributed by atoms with Crippen LogP contribution in [-0.2, 0) is 0 Å². The molecule has 0 saturated carbocycles. The van der Waals surface area contributed by atoms with Crippen LogP contribution in [0.2, 0.25) is 0 Å². The summed E-state index contributed by atoms with van der Waals surface area (Å²) in [6.07, 6.45) is 2.69. The van der Waals surface area contributed by atoms with E-state index < -0.39 is 0 Å². The summed E-state index contributed by atoms with van der Waals surface area (Å²) in [7, 11) is 0. The minimum Gasteiger partial charge on any atom is -0.0622 e. The molecule has 0 N–H and O–H groups in total. The summed E-state index contributed by atoms with van der Waals surface area (Å²) in [5.74, 6) is 0. The number of hydrogen-bond donors (Lipinski definition) is 0. The molecule has 0 nitrogen and oxygen atoms in total. The van der Waals surface area contributed by atoms with E-state index >= 15 is 0 Å². The second-order valence-electron chi connectivity index (χ2n) is 4.77. The number of hydrogen-bond acceptors (Lipinski definition) is 0. The molecule has 0 amide bonds. The standard InChI is InChI=1S/C16H16IP/c17-18-15(13-7-3-1-4-8-13)11-12-16(18)14-9-5-2-6-10-14/h1-10,15-16H,11-12H2/t15-,16-/m1/s1. The highest BCUT2D eigenvalue weighted by molar-refractivity contribution is 14.2. The van der Waals surface area contributed by atoms with Crippen molar-refractivity contribution < 1.29 is 0 Å². The predicted octanol–water partition coefficient (Wildman–Crippen LogP) is 6.09. The lowest BCUT2D eigenvalue weighted by molar-refractivity contribution is 0.765. The van der Waals surface area contributed by atoms with E-state index in [9.17, 15) is 0 Å². The summed E-state index contributed by atoms with van der Waals surface area (Å²) in [5, 5.41) is 0. The van der Waals surface area contributed by atoms with Gasteiger partial charge in [-0.15, -0.1) is 0 Å². The quantitative estimate of drug-likeness (QED) is 0.445. The van der Waals surface area contributed by atoms with Crippen molar-refractivity contribution in [2.45, 2.75) is 24.2 Å². The first-order valence-electron chi connectivity index (χ1n) is 6.40. The van der Waals surface area contributed by atoms with Gasteiger partial charge in [0.05, 0.1) is 0 Å². The number of benzene rings is 2. The van der Waals surface area contributed by atoms with Crippen molar-refractivity contribution in [2.24, 2.45) is 0 Å². The normalized spacial score (nSPS) is 24.3. The first-order chi connectivity index (χ1) is 8.86. The van der Waals surface area contributed by atoms with E-state index in [2.05, 4.69) is 82.7 Å². The van der Waals surface area contributed by atoms with Gasteiger partial charge in [0.1, 0.15) is 0 Å². The Morgan fingerprint density at radius 1 is 0.722 bits per heavy atom. The molecule has 3 rings (SSSR count). The van der Waals surface area contributed by atoms with Crippen molar-refractivity contribution in [3.05, 3.63) is 71.8 Å². The van der Waals surface area contributed by atoms with Gasteiger partial charge in [-0.05, 0) is 29.5 Å². The Balaban J connectivity index is 1.83. The van der Waals surface area contributed by atoms with Crippen molar-refractivity contribution in [1.29, 1.82) is 0 Å². The van der Waals surface area contributed by atoms with E-state index in [4.69, 9.17) is 0 Å². The minimum absolute atomic E-state index is 0.0256. The second-order valence-corrected chi connectivity index (χ2v) is 10.1. The molecule has 1 fully saturated rings. The van der Waals surface area contributed by atoms with Gasteiger partial charge in [-0.3, -0.25) is 0 Å². The summed E-state index contributed by atoms with van der Waals surface area (Å²) >= 11 is 2.73. The van der Waals surface area contributed by atoms with Crippen LogP contribution in [0.5, 0.6) is 0 Å². The van der Waals surface area contributed by atoms with Crippen molar-refractivity contribution in [3.8, 4) is 0 Å². The zero-order chi connectivity index (χ0) is 12.4. The molecule has 2 atom stereocenters. The topological polar surface area (TPSA) is 0 Å². The molecule has 18 heavy (non-hydrogen) atoms. The monoisotopic (exact) mass is 366 g/mol. The second kappa shape index (κ2) is 5.71. The van der Waals surface area contributed by atoms with Crippen molar-refractivity contribution >= 4 is 27.6 Å². The van der Waals surface area contributed by atoms with E-state index in [1.165, 1.54) is 24.0 Å². The molecule has 2 aromatic carbocycles. The largest absolute Gasteiger partial charge is 0.0622 e. The Bertz CT molecular complexity index is 450. The van der Waals surface area contributed by atoms with Gasteiger partial charge in [0.15, 0.2) is 0 Å². The minimum atomic E-state index is 0.0256. The lowest BCUT2D eigenvalue weighted by Crippen LogP contribution is -1.89. The van der Waals surface area contributed by atoms with Gasteiger partial charge < -0.3 is 0 Å². The first-order valence-corrected chi connectivity index (χ1v) is 10.7. The van der Waals surface area contributed by atoms with Crippen LogP contribution in [0, 0.1) is 0 Å². The third-order valence-corrected chi connectivity index (χ3v) is 10.0. The van der Waals surface area contributed by atoms with Crippen molar-refractivity contribution in [3.63, 3.8) is 0 Å². The van der Waals surface area contributed by atoms with Crippen molar-refractivity contribution in [1.82, 2.24) is 0 Å². The first kappa shape index (κ1) is 12.6. The van der Waals surface area contributed by atoms with E-state index in [0.717, 1.165) is 11.3 Å². The lowest BCUT2D eigenvalue weighted by Gasteiger charge is -2.20. The molecular formula is C16H16IP. The fraction of sp³-hybridized carbons (Fsp3) is 0.250. The molecule has 1 heterocycles. The lowest BCUT2D eigenvalue weighted by atomic mass is 10.0. The molecule has 0 spiro atoms. The zero-order valence-electron chi connectivity index (χ0n) is 10.2. The smallest absolute Gasteiger partial charge is 0.0138 e. The van der Waals surface area contributed by atoms with Crippen LogP contribution in [0.3, 0.4) is 0 Å². The average molecular weight is 366 g/mol. The average Bonchev–Trinajstić information content (AvgIpc) is 2.83. The molecule has 0 bridgehead atoms. The summed E-state index contributed by atoms with van der Waals surface area (Å²) < 4.78 is 0. The summed E-state index contributed by atoms with van der Waals surface area (Å²) in [4.78, 5) is 0. The SMILES string of the molecule is IP1[C@@H](c2ccccc2)CC[C@@H]1c1ccccc1. The number of rotatable bonds is 2. The van der Waals surface area contributed by atoms with E-state index in [1.54, 1.807) is 0 Å². The number of halogens is 1. The third-order valence-electron chi connectivity index (χ3n) is 3.68. The van der Waals surface area contributed by atoms with E-state index in [1.807, 2.05) is 0 Å². The molecule has 1 saturated heterocycles. The Morgan fingerprint density at radius 3 is 1.50 bits per heavy atom. The van der Waals surface area contributed by atoms with Crippen LogP contribution in [0.25, 0.3) is 0 Å². The molecule has 1 aliphatic rings. The molecule has 0 unspecified atom stereocenters. The van der Waals surface area contributed by atoms with Crippen LogP contribution in [-0.4, -0.2) is 0 Å². The zero-order valence-corrected chi connectivity index (χ0v) is 13.2. The highest BCUT2D eigenvalue weighted by atomic mass is 127. The van der Waals surface area contributed by atoms with Gasteiger partial charge >= 0.3 is 0 Å². The van der Waals surface area contributed by atoms with Gasteiger partial charge in [0.25, 0.3) is 0 Å². The summed E-state index contributed by atoms with van der Waals surface area (Å²) in [6, 6.07) is 22.1. The Labute approximate surface area is 123 Å². The van der Waals surface area contributed by atoms with Crippen LogP contribution in [0.15, 0.2) is 60.7 Å². The molecule has 2 aromatic rings. The Kier molecular flexibility index (Phi) is 4.00. The maximum absolute atomic E-state index is 2.73. The molecule has 2 heteroatoms. The van der Waals surface area contributed by atoms with Crippen LogP contribution >= 0.6 is 27.6 Å². The molecule has 0 radical (unpaired) electrons. The molecular weight excluding hydrogens is 350 g/mol. The van der Waals surface area contributed by atoms with Crippen LogP contribution in [0.4, 0.5) is 0 Å². The molecule has 0 aromatic heterocycles.